The minimum Gasteiger partial charge on any atom is -0.477 e. The van der Waals surface area contributed by atoms with Gasteiger partial charge in [-0.25, -0.2) is 4.79 Å². The van der Waals surface area contributed by atoms with Crippen LogP contribution < -0.4 is 0 Å². The summed E-state index contributed by atoms with van der Waals surface area (Å²) in [5.74, 6) is -1.45. The molecule has 0 aromatic heterocycles. The van der Waals surface area contributed by atoms with Gasteiger partial charge in [-0.3, -0.25) is 9.59 Å². The van der Waals surface area contributed by atoms with E-state index < -0.39 is 18.1 Å². The average molecular weight is 893 g/mol. The second-order valence-electron chi connectivity index (χ2n) is 19.8. The van der Waals surface area contributed by atoms with E-state index in [1.165, 1.54) is 199 Å². The van der Waals surface area contributed by atoms with Crippen LogP contribution in [-0.4, -0.2) is 80.6 Å². The first kappa shape index (κ1) is 61.1. The number of rotatable bonds is 50. The fourth-order valence-corrected chi connectivity index (χ4v) is 8.44. The maximum atomic E-state index is 12.8. The molecule has 0 amide bonds. The first-order valence-corrected chi connectivity index (χ1v) is 27.2. The molecule has 0 aromatic carbocycles. The minimum absolute atomic E-state index is 0.0466. The second-order valence-corrected chi connectivity index (χ2v) is 19.8. The van der Waals surface area contributed by atoms with E-state index >= 15 is 0 Å². The van der Waals surface area contributed by atoms with Gasteiger partial charge >= 0.3 is 17.9 Å². The van der Waals surface area contributed by atoms with Crippen LogP contribution >= 0.6 is 0 Å². The Bertz CT molecular complexity index is 1040. The topological polar surface area (TPSA) is 99.1 Å². The molecule has 8 heteroatoms. The highest BCUT2D eigenvalue weighted by Crippen LogP contribution is 2.17. The molecule has 2 unspecified atom stereocenters. The monoisotopic (exact) mass is 893 g/mol. The number of carbonyl (C=O) groups is 3. The van der Waals surface area contributed by atoms with Crippen LogP contribution in [0, 0.1) is 0 Å². The molecule has 0 fully saturated rings. The lowest BCUT2D eigenvalue weighted by Crippen LogP contribution is -2.50. The minimum atomic E-state index is -0.870. The Balaban J connectivity index is 4.17. The number of carboxylic acids is 1. The quantitative estimate of drug-likeness (QED) is 0.0281. The summed E-state index contributed by atoms with van der Waals surface area (Å²) >= 11 is 0. The van der Waals surface area contributed by atoms with Crippen LogP contribution in [0.5, 0.6) is 0 Å². The van der Waals surface area contributed by atoms with Gasteiger partial charge in [-0.1, -0.05) is 225 Å². The molecule has 0 heterocycles. The van der Waals surface area contributed by atoms with Crippen LogP contribution in [0.3, 0.4) is 0 Å². The van der Waals surface area contributed by atoms with E-state index in [9.17, 15) is 19.5 Å². The molecule has 0 saturated heterocycles. The van der Waals surface area contributed by atoms with Gasteiger partial charge in [-0.2, -0.15) is 0 Å². The van der Waals surface area contributed by atoms with Gasteiger partial charge in [0.1, 0.15) is 6.61 Å². The van der Waals surface area contributed by atoms with Crippen molar-refractivity contribution in [2.75, 3.05) is 41.0 Å². The van der Waals surface area contributed by atoms with E-state index in [2.05, 4.69) is 26.0 Å². The standard InChI is InChI=1S/C55H105NO7/c1-6-8-10-12-14-16-18-20-22-24-25-26-27-28-30-31-33-35-37-39-41-43-45-53(57)62-50-51(49-61-48-47-52(55(59)60)56(3,4)5)63-54(58)46-44-42-40-38-36-34-32-29-23-21-19-17-15-13-11-9-7-2/h27-28,51-52H,6-26,29-50H2,1-5H3/p+1/b28-27+. The highest BCUT2D eigenvalue weighted by Gasteiger charge is 2.31. The highest BCUT2D eigenvalue weighted by atomic mass is 16.6. The van der Waals surface area contributed by atoms with Crippen molar-refractivity contribution in [1.29, 1.82) is 0 Å². The van der Waals surface area contributed by atoms with E-state index in [-0.39, 0.29) is 36.2 Å². The summed E-state index contributed by atoms with van der Waals surface area (Å²) in [4.78, 5) is 37.2. The zero-order valence-corrected chi connectivity index (χ0v) is 42.6. The molecule has 0 saturated carbocycles. The van der Waals surface area contributed by atoms with E-state index in [4.69, 9.17) is 14.2 Å². The molecule has 0 aliphatic carbocycles. The van der Waals surface area contributed by atoms with Gasteiger partial charge in [0.2, 0.25) is 0 Å². The summed E-state index contributed by atoms with van der Waals surface area (Å²) in [5.41, 5.74) is 0. The van der Waals surface area contributed by atoms with Crippen molar-refractivity contribution in [3.63, 3.8) is 0 Å². The Morgan fingerprint density at radius 1 is 0.460 bits per heavy atom. The van der Waals surface area contributed by atoms with E-state index in [1.54, 1.807) is 0 Å². The number of quaternary nitrogens is 1. The smallest absolute Gasteiger partial charge is 0.362 e. The van der Waals surface area contributed by atoms with Crippen molar-refractivity contribution in [2.24, 2.45) is 0 Å². The van der Waals surface area contributed by atoms with Crippen LogP contribution in [0.15, 0.2) is 12.2 Å². The number of nitrogens with zero attached hydrogens (tertiary/aromatic N) is 1. The lowest BCUT2D eigenvalue weighted by Gasteiger charge is -2.31. The lowest BCUT2D eigenvalue weighted by molar-refractivity contribution is -0.887. The second kappa shape index (κ2) is 46.6. The molecular weight excluding hydrogens is 787 g/mol. The summed E-state index contributed by atoms with van der Waals surface area (Å²) in [6.07, 6.45) is 52.6. The molecule has 1 N–H and O–H groups in total. The van der Waals surface area contributed by atoms with Crippen molar-refractivity contribution >= 4 is 17.9 Å². The summed E-state index contributed by atoms with van der Waals surface area (Å²) in [6, 6.07) is -0.612. The largest absolute Gasteiger partial charge is 0.477 e. The Hall–Kier alpha value is -1.93. The fraction of sp³-hybridized carbons (Fsp3) is 0.909. The maximum absolute atomic E-state index is 12.8. The number of aliphatic carboxylic acids is 1. The van der Waals surface area contributed by atoms with Crippen molar-refractivity contribution in [3.05, 3.63) is 12.2 Å². The van der Waals surface area contributed by atoms with Gasteiger partial charge in [0.15, 0.2) is 12.1 Å². The zero-order chi connectivity index (χ0) is 46.3. The molecule has 2 atom stereocenters. The molecule has 0 spiro atoms. The number of hydrogen-bond donors (Lipinski definition) is 1. The predicted octanol–water partition coefficient (Wildman–Crippen LogP) is 15.8. The van der Waals surface area contributed by atoms with Crippen LogP contribution in [0.4, 0.5) is 0 Å². The first-order valence-electron chi connectivity index (χ1n) is 27.2. The van der Waals surface area contributed by atoms with Crippen LogP contribution in [0.25, 0.3) is 0 Å². The van der Waals surface area contributed by atoms with Crippen LogP contribution in [0.1, 0.15) is 271 Å². The van der Waals surface area contributed by atoms with Gasteiger partial charge in [0.05, 0.1) is 34.4 Å². The molecule has 0 radical (unpaired) electrons. The van der Waals surface area contributed by atoms with Crippen molar-refractivity contribution < 1.29 is 38.2 Å². The molecule has 0 aliphatic heterocycles. The number of hydrogen-bond acceptors (Lipinski definition) is 6. The third-order valence-corrected chi connectivity index (χ3v) is 12.7. The Morgan fingerprint density at radius 2 is 0.794 bits per heavy atom. The molecule has 63 heavy (non-hydrogen) atoms. The molecule has 8 nitrogen and oxygen atoms in total. The Labute approximate surface area is 390 Å². The third-order valence-electron chi connectivity index (χ3n) is 12.7. The average Bonchev–Trinajstić information content (AvgIpc) is 3.24. The number of esters is 2. The summed E-state index contributed by atoms with van der Waals surface area (Å²) in [7, 11) is 5.55. The van der Waals surface area contributed by atoms with Crippen molar-refractivity contribution in [2.45, 2.75) is 283 Å². The van der Waals surface area contributed by atoms with Crippen molar-refractivity contribution in [1.82, 2.24) is 0 Å². The Morgan fingerprint density at radius 3 is 1.14 bits per heavy atom. The van der Waals surface area contributed by atoms with Gasteiger partial charge < -0.3 is 23.8 Å². The number of ether oxygens (including phenoxy) is 3. The number of carbonyl (C=O) groups excluding carboxylic acids is 2. The van der Waals surface area contributed by atoms with Crippen molar-refractivity contribution in [3.8, 4) is 0 Å². The number of likely N-dealkylation sites (N-methyl/N-ethyl adjacent to an activating group) is 1. The number of unbranched alkanes of at least 4 members (excludes halogenated alkanes) is 34. The number of allylic oxidation sites excluding steroid dienone is 2. The molecule has 0 aromatic rings. The third kappa shape index (κ3) is 45.0. The van der Waals surface area contributed by atoms with E-state index in [0.717, 1.165) is 38.5 Å². The summed E-state index contributed by atoms with van der Waals surface area (Å²) in [5, 5.41) is 9.66. The lowest BCUT2D eigenvalue weighted by atomic mass is 10.0. The fourth-order valence-electron chi connectivity index (χ4n) is 8.44. The van der Waals surface area contributed by atoms with Crippen LogP contribution in [0.2, 0.25) is 0 Å². The normalized spacial score (nSPS) is 12.8. The van der Waals surface area contributed by atoms with E-state index in [1.807, 2.05) is 21.1 Å². The summed E-state index contributed by atoms with van der Waals surface area (Å²) in [6.45, 7) is 4.79. The molecule has 0 bridgehead atoms. The molecule has 372 valence electrons. The zero-order valence-electron chi connectivity index (χ0n) is 42.6. The Kier molecular flexibility index (Phi) is 45.2. The van der Waals surface area contributed by atoms with Gasteiger partial charge in [-0.05, 0) is 38.5 Å². The highest BCUT2D eigenvalue weighted by molar-refractivity contribution is 5.72. The van der Waals surface area contributed by atoms with Gasteiger partial charge in [0, 0.05) is 19.3 Å². The van der Waals surface area contributed by atoms with Gasteiger partial charge in [-0.15, -0.1) is 0 Å². The molecule has 0 rings (SSSR count). The first-order chi connectivity index (χ1) is 30.6. The predicted molar refractivity (Wildman–Crippen MR) is 266 cm³/mol. The molecular formula is C55H106NO7+. The summed E-state index contributed by atoms with van der Waals surface area (Å²) < 4.78 is 17.4. The van der Waals surface area contributed by atoms with Gasteiger partial charge in [0.25, 0.3) is 0 Å². The SMILES string of the molecule is CCCCCCCCCCCCC/C=C/CCCCCCCCCC(=O)OCC(COCCC(C(=O)O)[N+](C)(C)C)OC(=O)CCCCCCCCCCCCCCCCCCC. The number of carboxylic acid groups (broad SMARTS) is 1. The van der Waals surface area contributed by atoms with E-state index in [0.29, 0.717) is 19.3 Å². The van der Waals surface area contributed by atoms with Crippen LogP contribution in [-0.2, 0) is 28.6 Å². The molecule has 0 aliphatic rings. The maximum Gasteiger partial charge on any atom is 0.362 e.